The van der Waals surface area contributed by atoms with E-state index in [0.717, 1.165) is 19.6 Å². The first-order chi connectivity index (χ1) is 3.89. The zero-order valence-electron chi connectivity index (χ0n) is 5.33. The minimum atomic E-state index is 1.04. The Morgan fingerprint density at radius 3 is 3.12 bits per heavy atom. The van der Waals surface area contributed by atoms with E-state index in [1.54, 1.807) is 0 Å². The Balaban J connectivity index is 2.17. The van der Waals surface area contributed by atoms with E-state index < -0.39 is 0 Å². The molecule has 0 aromatic rings. The molecule has 0 aromatic heterocycles. The first-order valence-corrected chi connectivity index (χ1v) is 3.16. The molecule has 2 nitrogen and oxygen atoms in total. The lowest BCUT2D eigenvalue weighted by Crippen LogP contribution is -2.24. The molecule has 2 heteroatoms. The summed E-state index contributed by atoms with van der Waals surface area (Å²) in [6.07, 6.45) is 1.25. The largest absolute Gasteiger partial charge is 0.315 e. The van der Waals surface area contributed by atoms with Gasteiger partial charge in [-0.1, -0.05) is 0 Å². The van der Waals surface area contributed by atoms with E-state index in [2.05, 4.69) is 17.6 Å². The quantitative estimate of drug-likeness (QED) is 0.466. The molecule has 0 saturated carbocycles. The Bertz CT molecular complexity index is 55.5. The van der Waals surface area contributed by atoms with Gasteiger partial charge < -0.3 is 10.6 Å². The van der Waals surface area contributed by atoms with Crippen LogP contribution >= 0.6 is 0 Å². The Morgan fingerprint density at radius 1 is 1.38 bits per heavy atom. The van der Waals surface area contributed by atoms with Crippen LogP contribution in [-0.4, -0.2) is 19.6 Å². The lowest BCUT2D eigenvalue weighted by molar-refractivity contribution is 0.703. The summed E-state index contributed by atoms with van der Waals surface area (Å²) >= 11 is 0. The van der Waals surface area contributed by atoms with E-state index in [1.807, 2.05) is 0 Å². The van der Waals surface area contributed by atoms with Crippen molar-refractivity contribution in [1.29, 1.82) is 0 Å². The molecule has 1 fully saturated rings. The Labute approximate surface area is 50.7 Å². The molecule has 1 aliphatic rings. The number of rotatable bonds is 0. The van der Waals surface area contributed by atoms with Crippen LogP contribution < -0.4 is 10.6 Å². The fourth-order valence-corrected chi connectivity index (χ4v) is 0.854. The summed E-state index contributed by atoms with van der Waals surface area (Å²) in [6, 6.07) is 1.36. The lowest BCUT2D eigenvalue weighted by atomic mass is 10.3. The van der Waals surface area contributed by atoms with Gasteiger partial charge in [0, 0.05) is 12.6 Å². The lowest BCUT2D eigenvalue weighted by Gasteiger charge is -2.05. The zero-order valence-corrected chi connectivity index (χ0v) is 5.33. The molecule has 0 amide bonds. The molecule has 1 saturated heterocycles. The van der Waals surface area contributed by atoms with E-state index >= 15 is 0 Å². The highest BCUT2D eigenvalue weighted by atomic mass is 15.0. The highest BCUT2D eigenvalue weighted by Gasteiger charge is 2.03. The number of hydrogen-bond donors (Lipinski definition) is 2. The Morgan fingerprint density at radius 2 is 2.25 bits per heavy atom. The van der Waals surface area contributed by atoms with E-state index in [1.165, 1.54) is 12.5 Å². The van der Waals surface area contributed by atoms with Gasteiger partial charge in [0.2, 0.25) is 0 Å². The van der Waals surface area contributed by atoms with Crippen LogP contribution in [0.5, 0.6) is 0 Å². The second-order valence-corrected chi connectivity index (χ2v) is 2.24. The van der Waals surface area contributed by atoms with Gasteiger partial charge in [0.1, 0.15) is 0 Å². The monoisotopic (exact) mass is 113 g/mol. The predicted molar refractivity (Wildman–Crippen MR) is 34.4 cm³/mol. The molecule has 8 heavy (non-hydrogen) atoms. The maximum atomic E-state index is 3.30. The Kier molecular flexibility index (Phi) is 2.30. The minimum Gasteiger partial charge on any atom is -0.315 e. The summed E-state index contributed by atoms with van der Waals surface area (Å²) in [4.78, 5) is 0. The molecule has 0 bridgehead atoms. The van der Waals surface area contributed by atoms with Crippen LogP contribution in [0.4, 0.5) is 0 Å². The van der Waals surface area contributed by atoms with Crippen molar-refractivity contribution < 1.29 is 0 Å². The van der Waals surface area contributed by atoms with Crippen molar-refractivity contribution in [2.75, 3.05) is 19.6 Å². The normalized spacial score (nSPS) is 25.1. The summed E-state index contributed by atoms with van der Waals surface area (Å²) in [5.74, 6) is 0. The molecule has 0 aromatic carbocycles. The molecule has 0 unspecified atom stereocenters. The highest BCUT2D eigenvalue weighted by molar-refractivity contribution is 4.85. The maximum absolute atomic E-state index is 3.30. The molecule has 0 spiro atoms. The standard InChI is InChI=1S/C6H13N2/c1-6-5-7-3-2-4-8-6/h7-8H,2-5H2,1H3. The molecule has 0 atom stereocenters. The first-order valence-electron chi connectivity index (χ1n) is 3.16. The maximum Gasteiger partial charge on any atom is 0.0471 e. The van der Waals surface area contributed by atoms with Gasteiger partial charge in [-0.25, -0.2) is 0 Å². The fourth-order valence-electron chi connectivity index (χ4n) is 0.854. The molecule has 0 aliphatic carbocycles. The van der Waals surface area contributed by atoms with Crippen molar-refractivity contribution in [2.24, 2.45) is 0 Å². The Hall–Kier alpha value is -0.0800. The summed E-state index contributed by atoms with van der Waals surface area (Å²) in [7, 11) is 0. The fraction of sp³-hybridized carbons (Fsp3) is 0.833. The van der Waals surface area contributed by atoms with Crippen molar-refractivity contribution in [1.82, 2.24) is 10.6 Å². The van der Waals surface area contributed by atoms with Gasteiger partial charge in [0.15, 0.2) is 0 Å². The molecule has 2 N–H and O–H groups in total. The molecule has 1 rings (SSSR count). The topological polar surface area (TPSA) is 24.1 Å². The van der Waals surface area contributed by atoms with Crippen LogP contribution in [0.3, 0.4) is 0 Å². The van der Waals surface area contributed by atoms with Gasteiger partial charge in [0.05, 0.1) is 0 Å². The zero-order chi connectivity index (χ0) is 5.82. The average Bonchev–Trinajstić information content (AvgIpc) is 1.94. The third-order valence-corrected chi connectivity index (χ3v) is 1.35. The van der Waals surface area contributed by atoms with Gasteiger partial charge in [-0.05, 0) is 26.4 Å². The SMILES string of the molecule is C[C]1CNCCCN1. The van der Waals surface area contributed by atoms with Crippen LogP contribution in [0.25, 0.3) is 0 Å². The summed E-state index contributed by atoms with van der Waals surface area (Å²) in [5, 5.41) is 6.60. The third kappa shape index (κ3) is 1.80. The molecule has 1 aliphatic heterocycles. The predicted octanol–water partition coefficient (Wildman–Crippen LogP) is 0.121. The second-order valence-electron chi connectivity index (χ2n) is 2.24. The summed E-state index contributed by atoms with van der Waals surface area (Å²) < 4.78 is 0. The van der Waals surface area contributed by atoms with Crippen molar-refractivity contribution in [2.45, 2.75) is 13.3 Å². The third-order valence-electron chi connectivity index (χ3n) is 1.35. The van der Waals surface area contributed by atoms with E-state index in [9.17, 15) is 0 Å². The van der Waals surface area contributed by atoms with Crippen molar-refractivity contribution in [3.8, 4) is 0 Å². The first kappa shape index (κ1) is 6.05. The van der Waals surface area contributed by atoms with Gasteiger partial charge in [0.25, 0.3) is 0 Å². The van der Waals surface area contributed by atoms with Gasteiger partial charge in [-0.15, -0.1) is 0 Å². The molecule has 1 radical (unpaired) electrons. The van der Waals surface area contributed by atoms with E-state index in [0.29, 0.717) is 0 Å². The van der Waals surface area contributed by atoms with Crippen LogP contribution in [0.1, 0.15) is 13.3 Å². The average molecular weight is 113 g/mol. The van der Waals surface area contributed by atoms with Gasteiger partial charge >= 0.3 is 0 Å². The molecule has 1 heterocycles. The summed E-state index contributed by atoms with van der Waals surface area (Å²) in [5.41, 5.74) is 0. The van der Waals surface area contributed by atoms with Gasteiger partial charge in [-0.3, -0.25) is 0 Å². The van der Waals surface area contributed by atoms with Crippen LogP contribution in [0.15, 0.2) is 0 Å². The van der Waals surface area contributed by atoms with E-state index in [-0.39, 0.29) is 0 Å². The summed E-state index contributed by atoms with van der Waals surface area (Å²) in [6.45, 7) is 5.46. The van der Waals surface area contributed by atoms with Crippen molar-refractivity contribution in [3.05, 3.63) is 6.04 Å². The molecular weight excluding hydrogens is 100 g/mol. The molecule has 47 valence electrons. The van der Waals surface area contributed by atoms with E-state index in [4.69, 9.17) is 0 Å². The van der Waals surface area contributed by atoms with Crippen LogP contribution in [-0.2, 0) is 0 Å². The van der Waals surface area contributed by atoms with Crippen LogP contribution in [0, 0.1) is 6.04 Å². The number of hydrogen-bond acceptors (Lipinski definition) is 2. The van der Waals surface area contributed by atoms with Crippen LogP contribution in [0.2, 0.25) is 0 Å². The van der Waals surface area contributed by atoms with Gasteiger partial charge in [-0.2, -0.15) is 0 Å². The highest BCUT2D eigenvalue weighted by Crippen LogP contribution is 1.92. The van der Waals surface area contributed by atoms with Crippen molar-refractivity contribution in [3.63, 3.8) is 0 Å². The smallest absolute Gasteiger partial charge is 0.0471 e. The van der Waals surface area contributed by atoms with Crippen molar-refractivity contribution >= 4 is 0 Å². The number of nitrogens with one attached hydrogen (secondary N) is 2. The minimum absolute atomic E-state index is 1.04. The molecular formula is C6H13N2. The second kappa shape index (κ2) is 3.05.